The van der Waals surface area contributed by atoms with E-state index in [-0.39, 0.29) is 11.6 Å². The molecule has 0 unspecified atom stereocenters. The van der Waals surface area contributed by atoms with Gasteiger partial charge in [0.05, 0.1) is 10.7 Å². The second kappa shape index (κ2) is 6.39. The summed E-state index contributed by atoms with van der Waals surface area (Å²) in [7, 11) is 0. The molecule has 0 aliphatic heterocycles. The third kappa shape index (κ3) is 3.48. The zero-order valence-electron chi connectivity index (χ0n) is 10.9. The minimum Gasteiger partial charge on any atom is -0.377 e. The number of halogens is 2. The lowest BCUT2D eigenvalue weighted by Crippen LogP contribution is -2.10. The first-order valence-electron chi connectivity index (χ1n) is 6.11. The van der Waals surface area contributed by atoms with Gasteiger partial charge in [-0.2, -0.15) is 0 Å². The van der Waals surface area contributed by atoms with Crippen molar-refractivity contribution in [3.63, 3.8) is 0 Å². The number of amides is 1. The highest BCUT2D eigenvalue weighted by Crippen LogP contribution is 2.26. The molecule has 0 aromatic heterocycles. The van der Waals surface area contributed by atoms with Gasteiger partial charge in [0.15, 0.2) is 0 Å². The smallest absolute Gasteiger partial charge is 0.221 e. The largest absolute Gasteiger partial charge is 0.377 e. The molecule has 3 nitrogen and oxygen atoms in total. The third-order valence-corrected chi connectivity index (χ3v) is 3.06. The first kappa shape index (κ1) is 14.3. The molecule has 1 amide bonds. The first-order valence-corrected chi connectivity index (χ1v) is 6.49. The number of benzene rings is 2. The van der Waals surface area contributed by atoms with Crippen LogP contribution in [0.5, 0.6) is 0 Å². The third-order valence-electron chi connectivity index (χ3n) is 2.75. The van der Waals surface area contributed by atoms with Crippen LogP contribution in [0.2, 0.25) is 5.02 Å². The van der Waals surface area contributed by atoms with Crippen molar-refractivity contribution in [1.82, 2.24) is 0 Å². The van der Waals surface area contributed by atoms with E-state index in [4.69, 9.17) is 11.6 Å². The number of hydrogen-bond acceptors (Lipinski definition) is 2. The van der Waals surface area contributed by atoms with Gasteiger partial charge in [-0.25, -0.2) is 4.39 Å². The van der Waals surface area contributed by atoms with Crippen LogP contribution in [-0.4, -0.2) is 5.91 Å². The Morgan fingerprint density at radius 2 is 1.95 bits per heavy atom. The van der Waals surface area contributed by atoms with E-state index in [2.05, 4.69) is 10.6 Å². The molecule has 2 aromatic rings. The van der Waals surface area contributed by atoms with Gasteiger partial charge in [-0.05, 0) is 23.8 Å². The van der Waals surface area contributed by atoms with Gasteiger partial charge in [0.1, 0.15) is 5.82 Å². The Bertz CT molecular complexity index is 611. The van der Waals surface area contributed by atoms with Gasteiger partial charge < -0.3 is 10.6 Å². The van der Waals surface area contributed by atoms with Crippen molar-refractivity contribution in [2.24, 2.45) is 0 Å². The molecule has 0 aliphatic rings. The van der Waals surface area contributed by atoms with Gasteiger partial charge in [0.25, 0.3) is 0 Å². The number of carbonyl (C=O) groups is 1. The highest BCUT2D eigenvalue weighted by Gasteiger charge is 2.08. The maximum absolute atomic E-state index is 13.6. The summed E-state index contributed by atoms with van der Waals surface area (Å²) in [5.74, 6) is -0.559. The molecule has 0 radical (unpaired) electrons. The quantitative estimate of drug-likeness (QED) is 0.892. The Morgan fingerprint density at radius 3 is 2.65 bits per heavy atom. The zero-order chi connectivity index (χ0) is 14.5. The molecule has 2 N–H and O–H groups in total. The second-order valence-corrected chi connectivity index (χ2v) is 4.70. The lowest BCUT2D eigenvalue weighted by Gasteiger charge is -2.13. The molecule has 2 aromatic carbocycles. The van der Waals surface area contributed by atoms with E-state index in [1.54, 1.807) is 18.2 Å². The minimum absolute atomic E-state index is 0.152. The molecule has 0 saturated heterocycles. The van der Waals surface area contributed by atoms with E-state index in [0.29, 0.717) is 17.3 Å². The summed E-state index contributed by atoms with van der Waals surface area (Å²) in [6, 6.07) is 11.8. The summed E-state index contributed by atoms with van der Waals surface area (Å²) in [5.41, 5.74) is 1.80. The maximum atomic E-state index is 13.6. The molecule has 0 bridgehead atoms. The maximum Gasteiger partial charge on any atom is 0.221 e. The number of para-hydroxylation sites is 2. The molecular weight excluding hydrogens is 279 g/mol. The Hall–Kier alpha value is -2.07. The van der Waals surface area contributed by atoms with Crippen molar-refractivity contribution in [2.75, 3.05) is 10.6 Å². The van der Waals surface area contributed by atoms with E-state index in [1.807, 2.05) is 18.2 Å². The molecule has 104 valence electrons. The fraction of sp³-hybridized carbons (Fsp3) is 0.133. The van der Waals surface area contributed by atoms with Crippen LogP contribution in [0.25, 0.3) is 0 Å². The average molecular weight is 293 g/mol. The number of anilines is 2. The molecule has 0 heterocycles. The van der Waals surface area contributed by atoms with Crippen LogP contribution in [0.15, 0.2) is 42.5 Å². The summed E-state index contributed by atoms with van der Waals surface area (Å²) in [5, 5.41) is 6.01. The van der Waals surface area contributed by atoms with Crippen molar-refractivity contribution in [2.45, 2.75) is 13.5 Å². The Labute approximate surface area is 121 Å². The van der Waals surface area contributed by atoms with Crippen molar-refractivity contribution < 1.29 is 9.18 Å². The fourth-order valence-corrected chi connectivity index (χ4v) is 2.07. The SMILES string of the molecule is CC(=O)Nc1ccccc1CNc1c(F)cccc1Cl. The van der Waals surface area contributed by atoms with Gasteiger partial charge >= 0.3 is 0 Å². The molecule has 2 rings (SSSR count). The van der Waals surface area contributed by atoms with E-state index < -0.39 is 5.82 Å². The fourth-order valence-electron chi connectivity index (χ4n) is 1.84. The second-order valence-electron chi connectivity index (χ2n) is 4.29. The standard InChI is InChI=1S/C15H14ClFN2O/c1-10(20)19-14-8-3-2-5-11(14)9-18-15-12(16)6-4-7-13(15)17/h2-8,18H,9H2,1H3,(H,19,20). The van der Waals surface area contributed by atoms with E-state index >= 15 is 0 Å². The Balaban J connectivity index is 2.17. The van der Waals surface area contributed by atoms with E-state index in [9.17, 15) is 9.18 Å². The first-order chi connectivity index (χ1) is 9.58. The van der Waals surface area contributed by atoms with Gasteiger partial charge in [-0.3, -0.25) is 4.79 Å². The predicted octanol–water partition coefficient (Wildman–Crippen LogP) is 4.05. The highest BCUT2D eigenvalue weighted by atomic mass is 35.5. The van der Waals surface area contributed by atoms with E-state index in [0.717, 1.165) is 5.56 Å². The van der Waals surface area contributed by atoms with Crippen LogP contribution in [-0.2, 0) is 11.3 Å². The molecular formula is C15H14ClFN2O. The summed E-state index contributed by atoms with van der Waals surface area (Å²) >= 11 is 5.95. The molecule has 0 atom stereocenters. The predicted molar refractivity (Wildman–Crippen MR) is 79.5 cm³/mol. The van der Waals surface area contributed by atoms with E-state index in [1.165, 1.54) is 13.0 Å². The van der Waals surface area contributed by atoms with Crippen molar-refractivity contribution in [3.8, 4) is 0 Å². The number of nitrogens with one attached hydrogen (secondary N) is 2. The summed E-state index contributed by atoms with van der Waals surface area (Å²) in [4.78, 5) is 11.1. The number of hydrogen-bond donors (Lipinski definition) is 2. The van der Waals surface area contributed by atoms with Gasteiger partial charge in [-0.15, -0.1) is 0 Å². The molecule has 20 heavy (non-hydrogen) atoms. The van der Waals surface area contributed by atoms with Crippen molar-refractivity contribution in [3.05, 3.63) is 58.9 Å². The van der Waals surface area contributed by atoms with Crippen LogP contribution in [0, 0.1) is 5.82 Å². The molecule has 0 fully saturated rings. The zero-order valence-corrected chi connectivity index (χ0v) is 11.7. The molecule has 0 aliphatic carbocycles. The van der Waals surface area contributed by atoms with Crippen LogP contribution in [0.4, 0.5) is 15.8 Å². The summed E-state index contributed by atoms with van der Waals surface area (Å²) in [6.07, 6.45) is 0. The van der Waals surface area contributed by atoms with Crippen LogP contribution < -0.4 is 10.6 Å². The minimum atomic E-state index is -0.408. The van der Waals surface area contributed by atoms with Gasteiger partial charge in [0, 0.05) is 19.2 Å². The summed E-state index contributed by atoms with van der Waals surface area (Å²) in [6.45, 7) is 1.80. The lowest BCUT2D eigenvalue weighted by atomic mass is 10.1. The van der Waals surface area contributed by atoms with Gasteiger partial charge in [0.2, 0.25) is 5.91 Å². The Kier molecular flexibility index (Phi) is 4.58. The van der Waals surface area contributed by atoms with Gasteiger partial charge in [-0.1, -0.05) is 35.9 Å². The topological polar surface area (TPSA) is 41.1 Å². The number of carbonyl (C=O) groups excluding carboxylic acids is 1. The highest BCUT2D eigenvalue weighted by molar-refractivity contribution is 6.33. The normalized spacial score (nSPS) is 10.2. The summed E-state index contributed by atoms with van der Waals surface area (Å²) < 4.78 is 13.6. The van der Waals surface area contributed by atoms with Crippen LogP contribution in [0.1, 0.15) is 12.5 Å². The average Bonchev–Trinajstić information content (AvgIpc) is 2.39. The lowest BCUT2D eigenvalue weighted by molar-refractivity contribution is -0.114. The Morgan fingerprint density at radius 1 is 1.20 bits per heavy atom. The molecule has 5 heteroatoms. The molecule has 0 spiro atoms. The van der Waals surface area contributed by atoms with Crippen molar-refractivity contribution >= 4 is 28.9 Å². The van der Waals surface area contributed by atoms with Crippen LogP contribution >= 0.6 is 11.6 Å². The van der Waals surface area contributed by atoms with Crippen molar-refractivity contribution in [1.29, 1.82) is 0 Å². The van der Waals surface area contributed by atoms with Crippen LogP contribution in [0.3, 0.4) is 0 Å². The monoisotopic (exact) mass is 292 g/mol. The number of rotatable bonds is 4. The molecule has 0 saturated carbocycles.